The third kappa shape index (κ3) is 4.68. The molecule has 0 fully saturated rings. The fourth-order valence-electron chi connectivity index (χ4n) is 2.11. The number of aryl methyl sites for hydroxylation is 1. The molecule has 1 atom stereocenters. The van der Waals surface area contributed by atoms with Crippen molar-refractivity contribution in [1.29, 1.82) is 0 Å². The summed E-state index contributed by atoms with van der Waals surface area (Å²) in [6.45, 7) is 4.70. The van der Waals surface area contributed by atoms with Crippen LogP contribution >= 0.6 is 27.5 Å². The first-order valence-corrected chi connectivity index (χ1v) is 8.18. The van der Waals surface area contributed by atoms with E-state index in [-0.39, 0.29) is 6.04 Å². The van der Waals surface area contributed by atoms with Crippen LogP contribution in [0.15, 0.2) is 39.4 Å². The summed E-state index contributed by atoms with van der Waals surface area (Å²) in [5.74, 6) is 1.80. The number of furan rings is 1. The van der Waals surface area contributed by atoms with E-state index < -0.39 is 0 Å². The number of halogens is 2. The fourth-order valence-corrected chi connectivity index (χ4v) is 3.03. The van der Waals surface area contributed by atoms with Crippen molar-refractivity contribution >= 4 is 33.2 Å². The summed E-state index contributed by atoms with van der Waals surface area (Å²) in [6, 6.07) is 7.91. The minimum atomic E-state index is 0.277. The predicted molar refractivity (Wildman–Crippen MR) is 90.4 cm³/mol. The van der Waals surface area contributed by atoms with Gasteiger partial charge in [-0.05, 0) is 60.5 Å². The molecule has 0 amide bonds. The lowest BCUT2D eigenvalue weighted by molar-refractivity contribution is 0.339. The van der Waals surface area contributed by atoms with E-state index in [1.54, 1.807) is 6.26 Å². The lowest BCUT2D eigenvalue weighted by Gasteiger charge is -2.19. The summed E-state index contributed by atoms with van der Waals surface area (Å²) in [5, 5.41) is 4.13. The van der Waals surface area contributed by atoms with E-state index in [1.165, 1.54) is 0 Å². The van der Waals surface area contributed by atoms with E-state index in [1.807, 2.05) is 31.2 Å². The molecule has 0 saturated heterocycles. The highest BCUT2D eigenvalue weighted by Crippen LogP contribution is 2.37. The smallest absolute Gasteiger partial charge is 0.156 e. The molecule has 1 N–H and O–H groups in total. The number of nitrogens with one attached hydrogen (secondary N) is 1. The normalized spacial score (nSPS) is 12.2. The molecule has 1 heterocycles. The van der Waals surface area contributed by atoms with Crippen LogP contribution in [0.2, 0.25) is 5.02 Å². The maximum Gasteiger partial charge on any atom is 0.156 e. The maximum atomic E-state index is 6.12. The van der Waals surface area contributed by atoms with Gasteiger partial charge in [0.25, 0.3) is 0 Å². The average molecular weight is 373 g/mol. The Morgan fingerprint density at radius 2 is 2.24 bits per heavy atom. The summed E-state index contributed by atoms with van der Waals surface area (Å²) in [5.41, 5.74) is 0.906. The van der Waals surface area contributed by atoms with E-state index >= 15 is 0 Å². The molecule has 2 rings (SSSR count). The van der Waals surface area contributed by atoms with Crippen molar-refractivity contribution in [3.8, 4) is 5.75 Å². The van der Waals surface area contributed by atoms with E-state index in [4.69, 9.17) is 20.8 Å². The fraction of sp³-hybridized carbons (Fsp3) is 0.375. The zero-order chi connectivity index (χ0) is 15.2. The number of hydrogen-bond acceptors (Lipinski definition) is 3. The standard InChI is InChI=1S/C16H19BrClNO2/c1-3-20-16-14(17)9-12(18)10-15(16)19-11(2)6-7-13-5-4-8-21-13/h4-5,8-11,19H,3,6-7H2,1-2H3. The summed E-state index contributed by atoms with van der Waals surface area (Å²) < 4.78 is 11.9. The molecule has 21 heavy (non-hydrogen) atoms. The van der Waals surface area contributed by atoms with Gasteiger partial charge in [-0.25, -0.2) is 0 Å². The quantitative estimate of drug-likeness (QED) is 0.694. The third-order valence-electron chi connectivity index (χ3n) is 3.10. The number of hydrogen-bond donors (Lipinski definition) is 1. The van der Waals surface area contributed by atoms with Crippen LogP contribution < -0.4 is 10.1 Å². The molecule has 1 unspecified atom stereocenters. The Bertz CT molecular complexity index is 572. The van der Waals surface area contributed by atoms with Crippen molar-refractivity contribution in [2.45, 2.75) is 32.7 Å². The van der Waals surface area contributed by atoms with Crippen molar-refractivity contribution in [1.82, 2.24) is 0 Å². The molecular weight excluding hydrogens is 354 g/mol. The van der Waals surface area contributed by atoms with Crippen molar-refractivity contribution in [2.75, 3.05) is 11.9 Å². The number of benzene rings is 1. The zero-order valence-corrected chi connectivity index (χ0v) is 14.5. The Hall–Kier alpha value is -1.13. The summed E-state index contributed by atoms with van der Waals surface area (Å²) in [7, 11) is 0. The summed E-state index contributed by atoms with van der Waals surface area (Å²) >= 11 is 9.62. The van der Waals surface area contributed by atoms with Gasteiger partial charge in [0.2, 0.25) is 0 Å². The molecule has 0 aliphatic rings. The highest BCUT2D eigenvalue weighted by Gasteiger charge is 2.13. The number of anilines is 1. The van der Waals surface area contributed by atoms with Gasteiger partial charge in [0, 0.05) is 17.5 Å². The second kappa shape index (κ2) is 7.76. The first kappa shape index (κ1) is 16.2. The zero-order valence-electron chi connectivity index (χ0n) is 12.2. The van der Waals surface area contributed by atoms with Gasteiger partial charge in [-0.15, -0.1) is 0 Å². The van der Waals surface area contributed by atoms with Crippen molar-refractivity contribution in [2.24, 2.45) is 0 Å². The van der Waals surface area contributed by atoms with Crippen LogP contribution in [0.1, 0.15) is 26.0 Å². The maximum absolute atomic E-state index is 6.12. The lowest BCUT2D eigenvalue weighted by atomic mass is 10.1. The number of ether oxygens (including phenoxy) is 1. The molecule has 5 heteroatoms. The molecule has 0 bridgehead atoms. The van der Waals surface area contributed by atoms with E-state index in [9.17, 15) is 0 Å². The molecule has 114 valence electrons. The van der Waals surface area contributed by atoms with Crippen LogP contribution in [0.4, 0.5) is 5.69 Å². The first-order chi connectivity index (χ1) is 10.1. The van der Waals surface area contributed by atoms with Gasteiger partial charge in [-0.1, -0.05) is 11.6 Å². The van der Waals surface area contributed by atoms with Gasteiger partial charge in [0.05, 0.1) is 23.0 Å². The lowest BCUT2D eigenvalue weighted by Crippen LogP contribution is -2.16. The summed E-state index contributed by atoms with van der Waals surface area (Å²) in [6.07, 6.45) is 3.56. The molecule has 0 saturated carbocycles. The van der Waals surface area contributed by atoms with Crippen LogP contribution in [0.3, 0.4) is 0 Å². The van der Waals surface area contributed by atoms with Crippen LogP contribution in [0, 0.1) is 0 Å². The average Bonchev–Trinajstić information content (AvgIpc) is 2.93. The Labute approximate surface area is 138 Å². The topological polar surface area (TPSA) is 34.4 Å². The molecular formula is C16H19BrClNO2. The first-order valence-electron chi connectivity index (χ1n) is 7.01. The molecule has 0 radical (unpaired) electrons. The molecule has 2 aromatic rings. The molecule has 0 aliphatic heterocycles. The minimum Gasteiger partial charge on any atom is -0.491 e. The van der Waals surface area contributed by atoms with Crippen LogP contribution in [-0.2, 0) is 6.42 Å². The van der Waals surface area contributed by atoms with Crippen molar-refractivity contribution in [3.63, 3.8) is 0 Å². The van der Waals surface area contributed by atoms with Gasteiger partial charge >= 0.3 is 0 Å². The van der Waals surface area contributed by atoms with E-state index in [2.05, 4.69) is 28.2 Å². The second-order valence-corrected chi connectivity index (χ2v) is 6.15. The van der Waals surface area contributed by atoms with Crippen LogP contribution in [0.5, 0.6) is 5.75 Å². The molecule has 1 aromatic carbocycles. The van der Waals surface area contributed by atoms with Crippen molar-refractivity contribution < 1.29 is 9.15 Å². The Morgan fingerprint density at radius 1 is 1.43 bits per heavy atom. The second-order valence-electron chi connectivity index (χ2n) is 4.86. The molecule has 0 spiro atoms. The Kier molecular flexibility index (Phi) is 6.00. The van der Waals surface area contributed by atoms with E-state index in [0.717, 1.165) is 34.5 Å². The third-order valence-corrected chi connectivity index (χ3v) is 3.91. The van der Waals surface area contributed by atoms with Gasteiger partial charge < -0.3 is 14.5 Å². The molecule has 3 nitrogen and oxygen atoms in total. The highest BCUT2D eigenvalue weighted by molar-refractivity contribution is 9.10. The summed E-state index contributed by atoms with van der Waals surface area (Å²) in [4.78, 5) is 0. The van der Waals surface area contributed by atoms with Gasteiger partial charge in [0.15, 0.2) is 5.75 Å². The van der Waals surface area contributed by atoms with Gasteiger partial charge in [-0.2, -0.15) is 0 Å². The number of rotatable bonds is 7. The van der Waals surface area contributed by atoms with Gasteiger partial charge in [0.1, 0.15) is 5.76 Å². The monoisotopic (exact) mass is 371 g/mol. The van der Waals surface area contributed by atoms with Crippen molar-refractivity contribution in [3.05, 3.63) is 45.8 Å². The Balaban J connectivity index is 2.03. The molecule has 0 aliphatic carbocycles. The van der Waals surface area contributed by atoms with Crippen LogP contribution in [-0.4, -0.2) is 12.6 Å². The largest absolute Gasteiger partial charge is 0.491 e. The van der Waals surface area contributed by atoms with E-state index in [0.29, 0.717) is 11.6 Å². The van der Waals surface area contributed by atoms with Gasteiger partial charge in [-0.3, -0.25) is 0 Å². The van der Waals surface area contributed by atoms with Crippen LogP contribution in [0.25, 0.3) is 0 Å². The molecule has 1 aromatic heterocycles. The predicted octanol–water partition coefficient (Wildman–Crippen LogP) is 5.53. The minimum absolute atomic E-state index is 0.277. The SMILES string of the molecule is CCOc1c(Br)cc(Cl)cc1NC(C)CCc1ccco1. The Morgan fingerprint density at radius 3 is 2.90 bits per heavy atom. The highest BCUT2D eigenvalue weighted by atomic mass is 79.9.